The molecule has 0 spiro atoms. The maximum absolute atomic E-state index is 12.4. The molecule has 7 N–H and O–H groups in total. The van der Waals surface area contributed by atoms with Crippen molar-refractivity contribution in [1.82, 2.24) is 36.4 Å². The number of hydrogen-bond donors (Lipinski definition) is 7. The Morgan fingerprint density at radius 3 is 1.31 bits per heavy atom. The van der Waals surface area contributed by atoms with E-state index in [0.717, 1.165) is 12.8 Å². The second-order valence-electron chi connectivity index (χ2n) is 8.80. The fourth-order valence-electron chi connectivity index (χ4n) is 3.13. The van der Waals surface area contributed by atoms with E-state index in [-0.39, 0.29) is 18.9 Å². The van der Waals surface area contributed by atoms with E-state index in [1.54, 1.807) is 6.92 Å². The van der Waals surface area contributed by atoms with Gasteiger partial charge in [0.25, 0.3) is 0 Å². The molecule has 0 aliphatic carbocycles. The van der Waals surface area contributed by atoms with Crippen LogP contribution in [0.25, 0.3) is 0 Å². The molecule has 0 saturated heterocycles. The summed E-state index contributed by atoms with van der Waals surface area (Å²) < 4.78 is 0. The van der Waals surface area contributed by atoms with E-state index in [2.05, 4.69) is 26.6 Å². The summed E-state index contributed by atoms with van der Waals surface area (Å²) in [5.74, 6) is -8.06. The highest BCUT2D eigenvalue weighted by atomic mass is 16.4. The first-order valence-corrected chi connectivity index (χ1v) is 13.1. The molecular weight excluding hydrogens is 562 g/mol. The number of rotatable bonds is 21. The van der Waals surface area contributed by atoms with E-state index in [1.807, 2.05) is 6.92 Å². The standard InChI is InChI=1S/C24H39N7O11/c1-3-5-6-7-16(32)26-8-17(33)28-11-22(38)31(15-24(41)42)13-20(36)27-9-18(34)29-10-21(37)30(14-23(39)40)12-19(35)25-4-2/h3-15H2,1-2H3,(H,25,35)(H,26,32)(H,27,36)(H,28,33)(H,29,34)(H,39,40)(H,41,42). The molecule has 0 fully saturated rings. The zero-order chi connectivity index (χ0) is 32.1. The molecule has 0 aromatic heterocycles. The van der Waals surface area contributed by atoms with E-state index in [9.17, 15) is 43.2 Å². The average Bonchev–Trinajstić information content (AvgIpc) is 2.91. The number of carbonyl (C=O) groups excluding carboxylic acids is 7. The number of unbranched alkanes of at least 4 members (excludes halogenated alkanes) is 2. The predicted molar refractivity (Wildman–Crippen MR) is 143 cm³/mol. The number of carboxylic acid groups (broad SMARTS) is 2. The second-order valence-corrected chi connectivity index (χ2v) is 8.80. The number of hydrogen-bond acceptors (Lipinski definition) is 9. The summed E-state index contributed by atoms with van der Waals surface area (Å²) in [5.41, 5.74) is 0. The SMILES string of the molecule is CCCCCC(=O)NCC(=O)NCC(=O)N(CC(=O)O)CC(=O)NCC(=O)NCC(=O)N(CC(=O)O)CC(=O)NCC. The molecule has 0 heterocycles. The summed E-state index contributed by atoms with van der Waals surface area (Å²) in [6.45, 7) is -1.54. The zero-order valence-corrected chi connectivity index (χ0v) is 23.7. The van der Waals surface area contributed by atoms with Crippen LogP contribution in [0.4, 0.5) is 0 Å². The first-order chi connectivity index (χ1) is 19.8. The highest BCUT2D eigenvalue weighted by Crippen LogP contribution is 1.98. The molecule has 18 heteroatoms. The Labute approximate surface area is 241 Å². The van der Waals surface area contributed by atoms with Gasteiger partial charge in [0.2, 0.25) is 41.4 Å². The van der Waals surface area contributed by atoms with Crippen LogP contribution in [0, 0.1) is 0 Å². The third kappa shape index (κ3) is 18.5. The van der Waals surface area contributed by atoms with E-state index in [4.69, 9.17) is 10.2 Å². The summed E-state index contributed by atoms with van der Waals surface area (Å²) in [6, 6.07) is 0. The maximum atomic E-state index is 12.4. The van der Waals surface area contributed by atoms with Crippen molar-refractivity contribution in [3.05, 3.63) is 0 Å². The molecule has 0 aromatic carbocycles. The highest BCUT2D eigenvalue weighted by Gasteiger charge is 2.22. The van der Waals surface area contributed by atoms with Crippen LogP contribution >= 0.6 is 0 Å². The van der Waals surface area contributed by atoms with E-state index >= 15 is 0 Å². The van der Waals surface area contributed by atoms with Crippen molar-refractivity contribution in [1.29, 1.82) is 0 Å². The van der Waals surface area contributed by atoms with Crippen molar-refractivity contribution >= 4 is 53.3 Å². The zero-order valence-electron chi connectivity index (χ0n) is 23.7. The van der Waals surface area contributed by atoms with Crippen molar-refractivity contribution in [2.45, 2.75) is 39.5 Å². The van der Waals surface area contributed by atoms with Gasteiger partial charge in [-0.1, -0.05) is 19.8 Å². The molecule has 0 aromatic rings. The number of carboxylic acids is 2. The Balaban J connectivity index is 4.72. The van der Waals surface area contributed by atoms with Gasteiger partial charge in [0, 0.05) is 13.0 Å². The molecule has 18 nitrogen and oxygen atoms in total. The Kier molecular flexibility index (Phi) is 18.7. The smallest absolute Gasteiger partial charge is 0.323 e. The minimum absolute atomic E-state index is 0.247. The molecule has 0 aliphatic heterocycles. The highest BCUT2D eigenvalue weighted by molar-refractivity contribution is 5.94. The van der Waals surface area contributed by atoms with Gasteiger partial charge in [0.05, 0.1) is 26.2 Å². The first-order valence-electron chi connectivity index (χ1n) is 13.1. The van der Waals surface area contributed by atoms with Gasteiger partial charge in [-0.3, -0.25) is 43.2 Å². The van der Waals surface area contributed by atoms with Gasteiger partial charge in [-0.2, -0.15) is 0 Å². The maximum Gasteiger partial charge on any atom is 0.323 e. The summed E-state index contributed by atoms with van der Waals surface area (Å²) >= 11 is 0. The molecule has 7 amide bonds. The largest absolute Gasteiger partial charge is 0.480 e. The summed E-state index contributed by atoms with van der Waals surface area (Å²) in [6.07, 6.45) is 2.70. The van der Waals surface area contributed by atoms with E-state index < -0.39 is 99.7 Å². The summed E-state index contributed by atoms with van der Waals surface area (Å²) in [5, 5.41) is 29.3. The summed E-state index contributed by atoms with van der Waals surface area (Å²) in [7, 11) is 0. The molecule has 0 unspecified atom stereocenters. The van der Waals surface area contributed by atoms with Crippen molar-refractivity contribution in [2.24, 2.45) is 0 Å². The lowest BCUT2D eigenvalue weighted by Gasteiger charge is -2.21. The van der Waals surface area contributed by atoms with Crippen LogP contribution in [-0.2, 0) is 43.2 Å². The molecule has 0 atom stereocenters. The molecule has 0 rings (SSSR count). The molecule has 236 valence electrons. The van der Waals surface area contributed by atoms with Gasteiger partial charge in [0.15, 0.2) is 0 Å². The van der Waals surface area contributed by atoms with Gasteiger partial charge in [-0.25, -0.2) is 0 Å². The van der Waals surface area contributed by atoms with E-state index in [0.29, 0.717) is 16.2 Å². The fraction of sp³-hybridized carbons (Fsp3) is 0.625. The normalized spacial score (nSPS) is 10.0. The quantitative estimate of drug-likeness (QED) is 0.0623. The second kappa shape index (κ2) is 21.0. The topological polar surface area (TPSA) is 261 Å². The molecular formula is C24H39N7O11. The summed E-state index contributed by atoms with van der Waals surface area (Å²) in [4.78, 5) is 108. The van der Waals surface area contributed by atoms with Crippen LogP contribution in [0.3, 0.4) is 0 Å². The van der Waals surface area contributed by atoms with Crippen molar-refractivity contribution in [2.75, 3.05) is 58.9 Å². The van der Waals surface area contributed by atoms with Crippen LogP contribution in [0.5, 0.6) is 0 Å². The number of aliphatic carboxylic acids is 2. The molecule has 0 bridgehead atoms. The molecule has 0 saturated carbocycles. The third-order valence-corrected chi connectivity index (χ3v) is 5.17. The number of likely N-dealkylation sites (N-methyl/N-ethyl adjacent to an activating group) is 1. The third-order valence-electron chi connectivity index (χ3n) is 5.17. The van der Waals surface area contributed by atoms with Crippen molar-refractivity contribution in [3.8, 4) is 0 Å². The van der Waals surface area contributed by atoms with Crippen LogP contribution in [0.1, 0.15) is 39.5 Å². The minimum Gasteiger partial charge on any atom is -0.480 e. The van der Waals surface area contributed by atoms with Crippen molar-refractivity contribution in [3.63, 3.8) is 0 Å². The fourth-order valence-corrected chi connectivity index (χ4v) is 3.13. The van der Waals surface area contributed by atoms with Gasteiger partial charge in [-0.05, 0) is 13.3 Å². The van der Waals surface area contributed by atoms with E-state index in [1.165, 1.54) is 0 Å². The van der Waals surface area contributed by atoms with Gasteiger partial charge in [0.1, 0.15) is 26.2 Å². The Hall–Kier alpha value is -4.77. The molecule has 42 heavy (non-hydrogen) atoms. The molecule has 0 radical (unpaired) electrons. The average molecular weight is 602 g/mol. The first kappa shape index (κ1) is 37.2. The lowest BCUT2D eigenvalue weighted by molar-refractivity contribution is -0.146. The van der Waals surface area contributed by atoms with Crippen LogP contribution in [0.2, 0.25) is 0 Å². The van der Waals surface area contributed by atoms with Crippen LogP contribution in [0.15, 0.2) is 0 Å². The van der Waals surface area contributed by atoms with Gasteiger partial charge >= 0.3 is 11.9 Å². The Morgan fingerprint density at radius 1 is 0.500 bits per heavy atom. The lowest BCUT2D eigenvalue weighted by atomic mass is 10.2. The number of carbonyl (C=O) groups is 9. The van der Waals surface area contributed by atoms with Crippen LogP contribution in [-0.4, -0.2) is 132 Å². The minimum atomic E-state index is -1.45. The van der Waals surface area contributed by atoms with Crippen molar-refractivity contribution < 1.29 is 53.4 Å². The molecule has 0 aliphatic rings. The number of nitrogens with zero attached hydrogens (tertiary/aromatic N) is 2. The van der Waals surface area contributed by atoms with Gasteiger partial charge < -0.3 is 46.6 Å². The number of nitrogens with one attached hydrogen (secondary N) is 5. The lowest BCUT2D eigenvalue weighted by Crippen LogP contribution is -2.50. The Bertz CT molecular complexity index is 1000. The predicted octanol–water partition coefficient (Wildman–Crippen LogP) is -4.01. The van der Waals surface area contributed by atoms with Crippen LogP contribution < -0.4 is 26.6 Å². The van der Waals surface area contributed by atoms with Gasteiger partial charge in [-0.15, -0.1) is 0 Å². The Morgan fingerprint density at radius 2 is 0.905 bits per heavy atom. The monoisotopic (exact) mass is 601 g/mol. The number of amides is 7.